The number of hydrogen-bond donors (Lipinski definition) is 0. The summed E-state index contributed by atoms with van der Waals surface area (Å²) >= 11 is 0. The van der Waals surface area contributed by atoms with Crippen molar-refractivity contribution in [1.82, 2.24) is 0 Å². The fourth-order valence-corrected chi connectivity index (χ4v) is 1.70. The zero-order chi connectivity index (χ0) is 13.7. The van der Waals surface area contributed by atoms with E-state index in [4.69, 9.17) is 9.57 Å². The molecule has 0 saturated heterocycles. The lowest BCUT2D eigenvalue weighted by Crippen LogP contribution is -1.95. The van der Waals surface area contributed by atoms with E-state index in [1.54, 1.807) is 7.11 Å². The second-order valence-electron chi connectivity index (χ2n) is 4.30. The number of benzene rings is 2. The summed E-state index contributed by atoms with van der Waals surface area (Å²) in [6.45, 7) is 3.95. The van der Waals surface area contributed by atoms with Gasteiger partial charge in [0.1, 0.15) is 18.6 Å². The third-order valence-electron chi connectivity index (χ3n) is 2.76. The summed E-state index contributed by atoms with van der Waals surface area (Å²) in [6.07, 6.45) is 0. The second kappa shape index (κ2) is 6.05. The summed E-state index contributed by atoms with van der Waals surface area (Å²) in [7, 11) is 1.54. The van der Waals surface area contributed by atoms with Crippen LogP contribution < -0.4 is 4.74 Å². The van der Waals surface area contributed by atoms with Crippen LogP contribution in [0.15, 0.2) is 53.7 Å². The van der Waals surface area contributed by atoms with Crippen LogP contribution in [-0.4, -0.2) is 12.8 Å². The van der Waals surface area contributed by atoms with Crippen molar-refractivity contribution in [3.8, 4) is 11.5 Å². The lowest BCUT2D eigenvalue weighted by Gasteiger charge is -2.07. The Morgan fingerprint density at radius 3 is 1.95 bits per heavy atom. The van der Waals surface area contributed by atoms with Crippen LogP contribution in [0.5, 0.6) is 11.5 Å². The number of rotatable bonds is 4. The molecule has 0 fully saturated rings. The van der Waals surface area contributed by atoms with Crippen molar-refractivity contribution in [3.05, 3.63) is 59.7 Å². The molecule has 0 saturated carbocycles. The molecule has 2 aromatic carbocycles. The average Bonchev–Trinajstić information content (AvgIpc) is 2.42. The van der Waals surface area contributed by atoms with Crippen LogP contribution in [0.4, 0.5) is 0 Å². The van der Waals surface area contributed by atoms with Gasteiger partial charge in [0.15, 0.2) is 0 Å². The molecule has 2 aromatic rings. The highest BCUT2D eigenvalue weighted by Gasteiger charge is 2.00. The standard InChI is InChI=1S/C16H17NO2/c1-12-4-8-15(9-5-12)19-16-10-6-14(7-11-16)13(2)17-18-3/h4-11H,1-3H3/b17-13-. The molecule has 0 aromatic heterocycles. The number of ether oxygens (including phenoxy) is 1. The van der Waals surface area contributed by atoms with Crippen LogP contribution in [0.3, 0.4) is 0 Å². The van der Waals surface area contributed by atoms with Gasteiger partial charge in [-0.3, -0.25) is 0 Å². The number of hydrogen-bond acceptors (Lipinski definition) is 3. The van der Waals surface area contributed by atoms with Gasteiger partial charge in [-0.25, -0.2) is 0 Å². The quantitative estimate of drug-likeness (QED) is 0.606. The van der Waals surface area contributed by atoms with E-state index >= 15 is 0 Å². The highest BCUT2D eigenvalue weighted by Crippen LogP contribution is 2.22. The predicted octanol–water partition coefficient (Wildman–Crippen LogP) is 4.16. The first-order valence-electron chi connectivity index (χ1n) is 6.12. The lowest BCUT2D eigenvalue weighted by atomic mass is 10.1. The number of nitrogens with zero attached hydrogens (tertiary/aromatic N) is 1. The van der Waals surface area contributed by atoms with Crippen LogP contribution in [0, 0.1) is 6.92 Å². The maximum absolute atomic E-state index is 5.76. The molecule has 0 radical (unpaired) electrons. The molecule has 0 aliphatic carbocycles. The molecule has 0 atom stereocenters. The van der Waals surface area contributed by atoms with Gasteiger partial charge < -0.3 is 9.57 Å². The maximum Gasteiger partial charge on any atom is 0.127 e. The first kappa shape index (κ1) is 13.1. The Morgan fingerprint density at radius 2 is 1.42 bits per heavy atom. The summed E-state index contributed by atoms with van der Waals surface area (Å²) in [5, 5.41) is 3.89. The first-order chi connectivity index (χ1) is 9.19. The van der Waals surface area contributed by atoms with Crippen molar-refractivity contribution in [2.45, 2.75) is 13.8 Å². The molecular formula is C16H17NO2. The third-order valence-corrected chi connectivity index (χ3v) is 2.76. The average molecular weight is 255 g/mol. The summed E-state index contributed by atoms with van der Waals surface area (Å²) in [5.41, 5.74) is 3.07. The second-order valence-corrected chi connectivity index (χ2v) is 4.30. The molecule has 19 heavy (non-hydrogen) atoms. The monoisotopic (exact) mass is 255 g/mol. The van der Waals surface area contributed by atoms with Crippen molar-refractivity contribution < 1.29 is 9.57 Å². The van der Waals surface area contributed by atoms with Gasteiger partial charge in [-0.1, -0.05) is 22.9 Å². The Morgan fingerprint density at radius 1 is 0.895 bits per heavy atom. The molecule has 0 spiro atoms. The topological polar surface area (TPSA) is 30.8 Å². The van der Waals surface area contributed by atoms with Gasteiger partial charge in [-0.05, 0) is 55.8 Å². The smallest absolute Gasteiger partial charge is 0.127 e. The molecule has 0 N–H and O–H groups in total. The molecule has 0 bridgehead atoms. The molecule has 0 amide bonds. The van der Waals surface area contributed by atoms with E-state index in [2.05, 4.69) is 12.1 Å². The molecule has 0 heterocycles. The largest absolute Gasteiger partial charge is 0.457 e. The zero-order valence-electron chi connectivity index (χ0n) is 11.4. The van der Waals surface area contributed by atoms with Gasteiger partial charge >= 0.3 is 0 Å². The van der Waals surface area contributed by atoms with Crippen molar-refractivity contribution in [2.75, 3.05) is 7.11 Å². The van der Waals surface area contributed by atoms with Crippen molar-refractivity contribution in [3.63, 3.8) is 0 Å². The van der Waals surface area contributed by atoms with Crippen LogP contribution in [0.1, 0.15) is 18.1 Å². The highest BCUT2D eigenvalue weighted by atomic mass is 16.6. The van der Waals surface area contributed by atoms with Crippen LogP contribution in [0.2, 0.25) is 0 Å². The summed E-state index contributed by atoms with van der Waals surface area (Å²) in [4.78, 5) is 4.75. The SMILES string of the molecule is CO/N=C(/C)c1ccc(Oc2ccc(C)cc2)cc1. The van der Waals surface area contributed by atoms with E-state index in [1.807, 2.05) is 55.5 Å². The molecular weight excluding hydrogens is 238 g/mol. The summed E-state index contributed by atoms with van der Waals surface area (Å²) in [5.74, 6) is 1.64. The molecule has 0 aliphatic heterocycles. The van der Waals surface area contributed by atoms with Gasteiger partial charge in [0, 0.05) is 0 Å². The molecule has 3 heteroatoms. The van der Waals surface area contributed by atoms with Crippen LogP contribution >= 0.6 is 0 Å². The number of aryl methyl sites for hydroxylation is 1. The fraction of sp³-hybridized carbons (Fsp3) is 0.188. The summed E-state index contributed by atoms with van der Waals surface area (Å²) < 4.78 is 5.76. The molecule has 2 rings (SSSR count). The fourth-order valence-electron chi connectivity index (χ4n) is 1.70. The Bertz CT molecular complexity index is 556. The Kier molecular flexibility index (Phi) is 4.18. The Labute approximate surface area is 113 Å². The van der Waals surface area contributed by atoms with Crippen LogP contribution in [0.25, 0.3) is 0 Å². The number of oxime groups is 1. The third kappa shape index (κ3) is 3.58. The van der Waals surface area contributed by atoms with E-state index in [0.717, 1.165) is 22.8 Å². The van der Waals surface area contributed by atoms with Crippen molar-refractivity contribution in [2.24, 2.45) is 5.16 Å². The normalized spacial score (nSPS) is 11.2. The van der Waals surface area contributed by atoms with E-state index in [9.17, 15) is 0 Å². The van der Waals surface area contributed by atoms with Gasteiger partial charge in [0.25, 0.3) is 0 Å². The van der Waals surface area contributed by atoms with Gasteiger partial charge in [0.05, 0.1) is 5.71 Å². The minimum atomic E-state index is 0.804. The van der Waals surface area contributed by atoms with Crippen molar-refractivity contribution >= 4 is 5.71 Å². The van der Waals surface area contributed by atoms with Crippen molar-refractivity contribution in [1.29, 1.82) is 0 Å². The van der Waals surface area contributed by atoms with E-state index in [1.165, 1.54) is 5.56 Å². The molecule has 0 unspecified atom stereocenters. The van der Waals surface area contributed by atoms with E-state index in [-0.39, 0.29) is 0 Å². The van der Waals surface area contributed by atoms with E-state index in [0.29, 0.717) is 0 Å². The van der Waals surface area contributed by atoms with Crippen LogP contribution in [-0.2, 0) is 4.84 Å². The van der Waals surface area contributed by atoms with Gasteiger partial charge in [-0.2, -0.15) is 0 Å². The zero-order valence-corrected chi connectivity index (χ0v) is 11.4. The first-order valence-corrected chi connectivity index (χ1v) is 6.12. The minimum Gasteiger partial charge on any atom is -0.457 e. The Hall–Kier alpha value is -2.29. The minimum absolute atomic E-state index is 0.804. The predicted molar refractivity (Wildman–Crippen MR) is 76.9 cm³/mol. The molecule has 0 aliphatic rings. The highest BCUT2D eigenvalue weighted by molar-refractivity contribution is 5.98. The van der Waals surface area contributed by atoms with E-state index < -0.39 is 0 Å². The summed E-state index contributed by atoms with van der Waals surface area (Å²) in [6, 6.07) is 15.7. The molecule has 3 nitrogen and oxygen atoms in total. The molecule has 98 valence electrons. The van der Waals surface area contributed by atoms with Gasteiger partial charge in [0.2, 0.25) is 0 Å². The lowest BCUT2D eigenvalue weighted by molar-refractivity contribution is 0.213. The Balaban J connectivity index is 2.10. The van der Waals surface area contributed by atoms with Gasteiger partial charge in [-0.15, -0.1) is 0 Å². The maximum atomic E-state index is 5.76.